The van der Waals surface area contributed by atoms with E-state index >= 15 is 0 Å². The molecule has 0 aliphatic heterocycles. The number of nitrogens with one attached hydrogen (secondary N) is 2. The van der Waals surface area contributed by atoms with E-state index in [1.54, 1.807) is 0 Å². The third-order valence-electron chi connectivity index (χ3n) is 2.50. The van der Waals surface area contributed by atoms with Crippen LogP contribution >= 0.6 is 11.3 Å². The first-order valence-electron chi connectivity index (χ1n) is 5.73. The predicted molar refractivity (Wildman–Crippen MR) is 75.1 cm³/mol. The van der Waals surface area contributed by atoms with Crippen LogP contribution in [-0.2, 0) is 9.59 Å². The van der Waals surface area contributed by atoms with E-state index in [0.29, 0.717) is 5.13 Å². The standard InChI is InChI=1S/C12H14N4O2S/c1-7-3-2-4-8-11(7)16-12(19-8)15-10(18)6-14-9(17)5-13/h2-4H,5-6,13H2,1H3,(H,14,17)(H,15,16,18). The second kappa shape index (κ2) is 5.77. The highest BCUT2D eigenvalue weighted by Gasteiger charge is 2.09. The van der Waals surface area contributed by atoms with Gasteiger partial charge in [-0.05, 0) is 18.6 Å². The second-order valence-electron chi connectivity index (χ2n) is 3.97. The summed E-state index contributed by atoms with van der Waals surface area (Å²) in [7, 11) is 0. The molecule has 2 amide bonds. The van der Waals surface area contributed by atoms with E-state index in [0.717, 1.165) is 15.8 Å². The molecule has 2 aromatic rings. The van der Waals surface area contributed by atoms with Crippen molar-refractivity contribution in [3.05, 3.63) is 23.8 Å². The van der Waals surface area contributed by atoms with Crippen LogP contribution in [0.15, 0.2) is 18.2 Å². The van der Waals surface area contributed by atoms with E-state index in [1.807, 2.05) is 25.1 Å². The van der Waals surface area contributed by atoms with Crippen molar-refractivity contribution in [3.8, 4) is 0 Å². The Balaban J connectivity index is 2.03. The quantitative estimate of drug-likeness (QED) is 0.763. The first-order chi connectivity index (χ1) is 9.10. The Labute approximate surface area is 114 Å². The summed E-state index contributed by atoms with van der Waals surface area (Å²) in [6.45, 7) is 1.73. The van der Waals surface area contributed by atoms with Crippen LogP contribution in [-0.4, -0.2) is 29.9 Å². The monoisotopic (exact) mass is 278 g/mol. The number of benzene rings is 1. The van der Waals surface area contributed by atoms with Crippen LogP contribution in [0.4, 0.5) is 5.13 Å². The molecule has 0 fully saturated rings. The summed E-state index contributed by atoms with van der Waals surface area (Å²) in [5, 5.41) is 5.57. The molecule has 0 atom stereocenters. The SMILES string of the molecule is Cc1cccc2sc(NC(=O)CNC(=O)CN)nc12. The normalized spacial score (nSPS) is 10.4. The van der Waals surface area contributed by atoms with Crippen LogP contribution in [0.5, 0.6) is 0 Å². The fourth-order valence-electron chi connectivity index (χ4n) is 1.55. The van der Waals surface area contributed by atoms with E-state index in [9.17, 15) is 9.59 Å². The fourth-order valence-corrected chi connectivity index (χ4v) is 2.51. The van der Waals surface area contributed by atoms with Crippen molar-refractivity contribution in [2.45, 2.75) is 6.92 Å². The summed E-state index contributed by atoms with van der Waals surface area (Å²) in [4.78, 5) is 26.9. The van der Waals surface area contributed by atoms with Crippen LogP contribution in [0.3, 0.4) is 0 Å². The van der Waals surface area contributed by atoms with Gasteiger partial charge in [-0.25, -0.2) is 4.98 Å². The maximum atomic E-state index is 11.6. The minimum atomic E-state index is -0.365. The molecule has 0 bridgehead atoms. The van der Waals surface area contributed by atoms with E-state index in [1.165, 1.54) is 11.3 Å². The number of hydrogen-bond donors (Lipinski definition) is 3. The van der Waals surface area contributed by atoms with Gasteiger partial charge in [0, 0.05) is 0 Å². The summed E-state index contributed by atoms with van der Waals surface area (Å²) in [5.74, 6) is -0.686. The number of fused-ring (bicyclic) bond motifs is 1. The van der Waals surface area contributed by atoms with Crippen molar-refractivity contribution >= 4 is 38.5 Å². The number of hydrogen-bond acceptors (Lipinski definition) is 5. The molecule has 1 aromatic carbocycles. The average molecular weight is 278 g/mol. The number of carbonyl (C=O) groups is 2. The number of nitrogens with zero attached hydrogens (tertiary/aromatic N) is 1. The van der Waals surface area contributed by atoms with Crippen LogP contribution in [0.2, 0.25) is 0 Å². The highest BCUT2D eigenvalue weighted by atomic mass is 32.1. The molecule has 100 valence electrons. The van der Waals surface area contributed by atoms with Crippen molar-refractivity contribution in [2.24, 2.45) is 5.73 Å². The van der Waals surface area contributed by atoms with E-state index in [-0.39, 0.29) is 24.9 Å². The number of para-hydroxylation sites is 1. The zero-order valence-corrected chi connectivity index (χ0v) is 11.2. The third kappa shape index (κ3) is 3.27. The Morgan fingerprint density at radius 1 is 1.37 bits per heavy atom. The van der Waals surface area contributed by atoms with Crippen LogP contribution in [0.1, 0.15) is 5.56 Å². The molecule has 0 saturated carbocycles. The molecule has 1 heterocycles. The van der Waals surface area contributed by atoms with Crippen LogP contribution in [0, 0.1) is 6.92 Å². The maximum absolute atomic E-state index is 11.6. The largest absolute Gasteiger partial charge is 0.346 e. The number of aromatic nitrogens is 1. The molecule has 4 N–H and O–H groups in total. The van der Waals surface area contributed by atoms with E-state index < -0.39 is 0 Å². The predicted octanol–water partition coefficient (Wildman–Crippen LogP) is 0.618. The molecule has 7 heteroatoms. The van der Waals surface area contributed by atoms with Crippen molar-refractivity contribution < 1.29 is 9.59 Å². The van der Waals surface area contributed by atoms with Gasteiger partial charge in [0.05, 0.1) is 23.3 Å². The summed E-state index contributed by atoms with van der Waals surface area (Å²) in [6, 6.07) is 5.86. The minimum absolute atomic E-state index is 0.106. The highest BCUT2D eigenvalue weighted by Crippen LogP contribution is 2.27. The smallest absolute Gasteiger partial charge is 0.245 e. The molecule has 0 aliphatic carbocycles. The van der Waals surface area contributed by atoms with E-state index in [4.69, 9.17) is 5.73 Å². The first kappa shape index (κ1) is 13.4. The Bertz CT molecular complexity index is 623. The number of nitrogens with two attached hydrogens (primary N) is 1. The fraction of sp³-hybridized carbons (Fsp3) is 0.250. The topological polar surface area (TPSA) is 97.1 Å². The Kier molecular flexibility index (Phi) is 4.08. The summed E-state index contributed by atoms with van der Waals surface area (Å²) < 4.78 is 1.02. The molecule has 0 unspecified atom stereocenters. The second-order valence-corrected chi connectivity index (χ2v) is 5.00. The number of anilines is 1. The number of amides is 2. The molecule has 1 aromatic heterocycles. The lowest BCUT2D eigenvalue weighted by molar-refractivity contribution is -0.123. The van der Waals surface area contributed by atoms with Crippen LogP contribution in [0.25, 0.3) is 10.2 Å². The minimum Gasteiger partial charge on any atom is -0.346 e. The number of carbonyl (C=O) groups excluding carboxylic acids is 2. The van der Waals surface area contributed by atoms with E-state index in [2.05, 4.69) is 15.6 Å². The third-order valence-corrected chi connectivity index (χ3v) is 3.43. The van der Waals surface area contributed by atoms with Gasteiger partial charge in [0.15, 0.2) is 5.13 Å². The molecular formula is C12H14N4O2S. The molecule has 0 radical (unpaired) electrons. The molecule has 0 saturated heterocycles. The van der Waals surface area contributed by atoms with Crippen molar-refractivity contribution in [3.63, 3.8) is 0 Å². The molecular weight excluding hydrogens is 264 g/mol. The van der Waals surface area contributed by atoms with Gasteiger partial charge in [-0.2, -0.15) is 0 Å². The Morgan fingerprint density at radius 2 is 2.16 bits per heavy atom. The maximum Gasteiger partial charge on any atom is 0.245 e. The molecule has 2 rings (SSSR count). The lowest BCUT2D eigenvalue weighted by Gasteiger charge is -2.02. The number of thiazole rings is 1. The summed E-state index contributed by atoms with van der Waals surface area (Å²) in [6.07, 6.45) is 0. The van der Waals surface area contributed by atoms with Gasteiger partial charge in [0.2, 0.25) is 11.8 Å². The van der Waals surface area contributed by atoms with Gasteiger partial charge in [-0.15, -0.1) is 0 Å². The Hall–Kier alpha value is -1.99. The lowest BCUT2D eigenvalue weighted by Crippen LogP contribution is -2.36. The van der Waals surface area contributed by atoms with Gasteiger partial charge in [0.1, 0.15) is 0 Å². The van der Waals surface area contributed by atoms with Gasteiger partial charge in [0.25, 0.3) is 0 Å². The zero-order valence-electron chi connectivity index (χ0n) is 10.4. The van der Waals surface area contributed by atoms with Crippen molar-refractivity contribution in [1.82, 2.24) is 10.3 Å². The highest BCUT2D eigenvalue weighted by molar-refractivity contribution is 7.22. The summed E-state index contributed by atoms with van der Waals surface area (Å²) >= 11 is 1.40. The summed E-state index contributed by atoms with van der Waals surface area (Å²) in [5.41, 5.74) is 7.07. The lowest BCUT2D eigenvalue weighted by atomic mass is 10.2. The van der Waals surface area contributed by atoms with Gasteiger partial charge >= 0.3 is 0 Å². The van der Waals surface area contributed by atoms with Crippen molar-refractivity contribution in [2.75, 3.05) is 18.4 Å². The number of aryl methyl sites for hydroxylation is 1. The zero-order chi connectivity index (χ0) is 13.8. The molecule has 0 aliphatic rings. The Morgan fingerprint density at radius 3 is 2.84 bits per heavy atom. The first-order valence-corrected chi connectivity index (χ1v) is 6.54. The molecule has 19 heavy (non-hydrogen) atoms. The van der Waals surface area contributed by atoms with Crippen molar-refractivity contribution in [1.29, 1.82) is 0 Å². The molecule has 0 spiro atoms. The van der Waals surface area contributed by atoms with Crippen LogP contribution < -0.4 is 16.4 Å². The van der Waals surface area contributed by atoms with Gasteiger partial charge in [-0.3, -0.25) is 9.59 Å². The average Bonchev–Trinajstić information content (AvgIpc) is 2.80. The molecule has 6 nitrogen and oxygen atoms in total. The number of rotatable bonds is 4. The van der Waals surface area contributed by atoms with Gasteiger partial charge in [-0.1, -0.05) is 23.5 Å². The van der Waals surface area contributed by atoms with Gasteiger partial charge < -0.3 is 16.4 Å².